The lowest BCUT2D eigenvalue weighted by molar-refractivity contribution is -0.383. The van der Waals surface area contributed by atoms with Crippen molar-refractivity contribution in [3.05, 3.63) is 63.8 Å². The Morgan fingerprint density at radius 2 is 1.63 bits per heavy atom. The highest BCUT2D eigenvalue weighted by molar-refractivity contribution is 5.88. The van der Waals surface area contributed by atoms with Crippen LogP contribution in [0, 0.1) is 10.1 Å². The van der Waals surface area contributed by atoms with Gasteiger partial charge in [-0.2, -0.15) is 0 Å². The number of aromatic nitrogens is 1. The van der Waals surface area contributed by atoms with Crippen molar-refractivity contribution >= 4 is 28.7 Å². The van der Waals surface area contributed by atoms with E-state index in [1.165, 1.54) is 6.07 Å². The molecule has 0 fully saturated rings. The van der Waals surface area contributed by atoms with Crippen LogP contribution in [0.3, 0.4) is 0 Å². The van der Waals surface area contributed by atoms with Gasteiger partial charge in [0.25, 0.3) is 5.69 Å². The highest BCUT2D eigenvalue weighted by Gasteiger charge is 2.13. The van der Waals surface area contributed by atoms with Gasteiger partial charge in [-0.15, -0.1) is 0 Å². The molecule has 1 aromatic heterocycles. The number of nitrogens with zero attached hydrogens (tertiary/aromatic N) is 2. The van der Waals surface area contributed by atoms with Gasteiger partial charge in [0.15, 0.2) is 11.5 Å². The summed E-state index contributed by atoms with van der Waals surface area (Å²) in [6.45, 7) is 0. The minimum absolute atomic E-state index is 0.0218. The molecule has 0 aliphatic carbocycles. The molecule has 3 rings (SSSR count). The van der Waals surface area contributed by atoms with Crippen LogP contribution >= 0.6 is 0 Å². The van der Waals surface area contributed by atoms with Gasteiger partial charge in [-0.05, 0) is 24.3 Å². The van der Waals surface area contributed by atoms with Gasteiger partial charge in [0.2, 0.25) is 0 Å². The number of hydrogen-bond donors (Lipinski definition) is 0. The molecule has 0 radical (unpaired) electrons. The average molecular weight is 366 g/mol. The predicted octanol–water partition coefficient (Wildman–Crippen LogP) is 4.34. The van der Waals surface area contributed by atoms with Crippen LogP contribution in [0.2, 0.25) is 0 Å². The first kappa shape index (κ1) is 18.2. The van der Waals surface area contributed by atoms with Crippen molar-refractivity contribution in [1.29, 1.82) is 0 Å². The number of methoxy groups -OCH3 is 3. The third-order valence-electron chi connectivity index (χ3n) is 4.09. The summed E-state index contributed by atoms with van der Waals surface area (Å²) >= 11 is 0. The SMILES string of the molecule is COc1cc(OC)c(OC)cc1/C=C/c1ccc2cccc([N+](=O)[O-])c2n1. The zero-order chi connectivity index (χ0) is 19.4. The fourth-order valence-corrected chi connectivity index (χ4v) is 2.74. The van der Waals surface area contributed by atoms with Gasteiger partial charge in [-0.1, -0.05) is 18.2 Å². The largest absolute Gasteiger partial charge is 0.496 e. The van der Waals surface area contributed by atoms with Crippen LogP contribution < -0.4 is 14.2 Å². The van der Waals surface area contributed by atoms with Gasteiger partial charge >= 0.3 is 0 Å². The molecular weight excluding hydrogens is 348 g/mol. The van der Waals surface area contributed by atoms with Gasteiger partial charge in [0.1, 0.15) is 11.3 Å². The number of non-ortho nitro benzene ring substituents is 1. The molecule has 0 bridgehead atoms. The summed E-state index contributed by atoms with van der Waals surface area (Å²) in [5, 5.41) is 11.9. The van der Waals surface area contributed by atoms with Crippen LogP contribution in [0.15, 0.2) is 42.5 Å². The Bertz CT molecular complexity index is 1030. The molecule has 1 heterocycles. The van der Waals surface area contributed by atoms with Crippen LogP contribution in [0.4, 0.5) is 5.69 Å². The number of ether oxygens (including phenoxy) is 3. The molecule has 27 heavy (non-hydrogen) atoms. The summed E-state index contributed by atoms with van der Waals surface area (Å²) < 4.78 is 16.0. The average Bonchev–Trinajstić information content (AvgIpc) is 2.70. The number of para-hydroxylation sites is 1. The molecule has 0 aliphatic heterocycles. The van der Waals surface area contributed by atoms with E-state index < -0.39 is 4.92 Å². The number of hydrogen-bond acceptors (Lipinski definition) is 6. The first-order chi connectivity index (χ1) is 13.1. The van der Waals surface area contributed by atoms with Crippen LogP contribution in [0.1, 0.15) is 11.3 Å². The molecular formula is C20H18N2O5. The van der Waals surface area contributed by atoms with E-state index in [2.05, 4.69) is 4.98 Å². The number of fused-ring (bicyclic) bond motifs is 1. The summed E-state index contributed by atoms with van der Waals surface area (Å²) in [6.07, 6.45) is 3.57. The van der Waals surface area contributed by atoms with Crippen molar-refractivity contribution in [2.24, 2.45) is 0 Å². The molecule has 138 valence electrons. The molecule has 0 spiro atoms. The molecule has 0 atom stereocenters. The minimum atomic E-state index is -0.430. The number of pyridine rings is 1. The molecule has 3 aromatic rings. The predicted molar refractivity (Wildman–Crippen MR) is 103 cm³/mol. The summed E-state index contributed by atoms with van der Waals surface area (Å²) in [6, 6.07) is 12.0. The Kier molecular flexibility index (Phi) is 5.21. The minimum Gasteiger partial charge on any atom is -0.496 e. The molecule has 7 nitrogen and oxygen atoms in total. The van der Waals surface area contributed by atoms with E-state index >= 15 is 0 Å². The molecule has 7 heteroatoms. The van der Waals surface area contributed by atoms with E-state index in [9.17, 15) is 10.1 Å². The number of nitro groups is 1. The van der Waals surface area contributed by atoms with E-state index in [1.807, 2.05) is 6.08 Å². The maximum Gasteiger partial charge on any atom is 0.295 e. The standard InChI is InChI=1S/C20H18N2O5/c1-25-17-12-19(27-3)18(26-2)11-14(17)8-10-15-9-7-13-5-4-6-16(22(23)24)20(13)21-15/h4-12H,1-3H3/b10-8+. The quantitative estimate of drug-likeness (QED) is 0.477. The second-order valence-corrected chi connectivity index (χ2v) is 5.62. The fourth-order valence-electron chi connectivity index (χ4n) is 2.74. The Morgan fingerprint density at radius 1 is 0.926 bits per heavy atom. The molecule has 0 N–H and O–H groups in total. The Balaban J connectivity index is 2.03. The topological polar surface area (TPSA) is 83.7 Å². The Labute approximate surface area is 156 Å². The van der Waals surface area contributed by atoms with Crippen molar-refractivity contribution in [2.75, 3.05) is 21.3 Å². The zero-order valence-electron chi connectivity index (χ0n) is 15.1. The Hall–Kier alpha value is -3.61. The molecule has 0 unspecified atom stereocenters. The van der Waals surface area contributed by atoms with Crippen molar-refractivity contribution in [3.63, 3.8) is 0 Å². The molecule has 0 aliphatic rings. The van der Waals surface area contributed by atoms with Crippen LogP contribution in [0.5, 0.6) is 17.2 Å². The monoisotopic (exact) mass is 366 g/mol. The summed E-state index contributed by atoms with van der Waals surface area (Å²) in [7, 11) is 4.68. The number of benzene rings is 2. The van der Waals surface area contributed by atoms with Crippen LogP contribution in [0.25, 0.3) is 23.1 Å². The first-order valence-corrected chi connectivity index (χ1v) is 8.09. The third kappa shape index (κ3) is 3.67. The van der Waals surface area contributed by atoms with Gasteiger partial charge in [-0.25, -0.2) is 4.98 Å². The fraction of sp³-hybridized carbons (Fsp3) is 0.150. The zero-order valence-corrected chi connectivity index (χ0v) is 15.1. The van der Waals surface area contributed by atoms with Crippen LogP contribution in [-0.4, -0.2) is 31.2 Å². The second kappa shape index (κ2) is 7.74. The van der Waals surface area contributed by atoms with Crippen molar-refractivity contribution in [1.82, 2.24) is 4.98 Å². The van der Waals surface area contributed by atoms with E-state index in [-0.39, 0.29) is 5.69 Å². The van der Waals surface area contributed by atoms with Crippen molar-refractivity contribution in [3.8, 4) is 17.2 Å². The summed E-state index contributed by atoms with van der Waals surface area (Å²) in [4.78, 5) is 15.2. The van der Waals surface area contributed by atoms with Crippen LogP contribution in [-0.2, 0) is 0 Å². The number of nitro benzene ring substituents is 1. The maximum absolute atomic E-state index is 11.2. The first-order valence-electron chi connectivity index (χ1n) is 8.09. The van der Waals surface area contributed by atoms with Crippen molar-refractivity contribution < 1.29 is 19.1 Å². The Morgan fingerprint density at radius 3 is 2.30 bits per heavy atom. The van der Waals surface area contributed by atoms with E-state index in [4.69, 9.17) is 14.2 Å². The molecule has 0 amide bonds. The molecule has 0 saturated heterocycles. The van der Waals surface area contributed by atoms with Crippen molar-refractivity contribution in [2.45, 2.75) is 0 Å². The highest BCUT2D eigenvalue weighted by Crippen LogP contribution is 2.35. The van der Waals surface area contributed by atoms with E-state index in [1.54, 1.807) is 63.8 Å². The molecule has 2 aromatic carbocycles. The molecule has 0 saturated carbocycles. The lowest BCUT2D eigenvalue weighted by atomic mass is 10.1. The van der Waals surface area contributed by atoms with E-state index in [0.717, 1.165) is 5.56 Å². The normalized spacial score (nSPS) is 10.9. The third-order valence-corrected chi connectivity index (χ3v) is 4.09. The smallest absolute Gasteiger partial charge is 0.295 e. The highest BCUT2D eigenvalue weighted by atomic mass is 16.6. The van der Waals surface area contributed by atoms with Gasteiger partial charge in [0.05, 0.1) is 31.9 Å². The van der Waals surface area contributed by atoms with E-state index in [0.29, 0.717) is 33.8 Å². The van der Waals surface area contributed by atoms with Gasteiger partial charge in [-0.3, -0.25) is 10.1 Å². The number of rotatable bonds is 6. The lowest BCUT2D eigenvalue weighted by Crippen LogP contribution is -1.94. The lowest BCUT2D eigenvalue weighted by Gasteiger charge is -2.12. The maximum atomic E-state index is 11.2. The summed E-state index contributed by atoms with van der Waals surface area (Å²) in [5.41, 5.74) is 1.68. The summed E-state index contributed by atoms with van der Waals surface area (Å²) in [5.74, 6) is 1.74. The van der Waals surface area contributed by atoms with Gasteiger partial charge < -0.3 is 14.2 Å². The second-order valence-electron chi connectivity index (χ2n) is 5.62. The van der Waals surface area contributed by atoms with Gasteiger partial charge in [0, 0.05) is 23.1 Å².